The number of hydrogen-bond acceptors (Lipinski definition) is 6. The van der Waals surface area contributed by atoms with Crippen molar-refractivity contribution in [3.63, 3.8) is 0 Å². The molecule has 2 fully saturated rings. The number of carbonyl (C=O) groups excluding carboxylic acids is 1. The average molecular weight is 445 g/mol. The second-order valence-electron chi connectivity index (χ2n) is 8.19. The number of hydrogen-bond donors (Lipinski definition) is 0. The minimum atomic E-state index is -0.247. The van der Waals surface area contributed by atoms with Gasteiger partial charge < -0.3 is 4.90 Å². The molecule has 8 heteroatoms. The number of aromatic nitrogens is 1. The van der Waals surface area contributed by atoms with Gasteiger partial charge in [0.2, 0.25) is 0 Å². The fourth-order valence-electron chi connectivity index (χ4n) is 4.00. The third-order valence-electron chi connectivity index (χ3n) is 5.40. The Balaban J connectivity index is 2.21. The average Bonchev–Trinajstić information content (AvgIpc) is 3.30. The van der Waals surface area contributed by atoms with Crippen LogP contribution in [0.1, 0.15) is 56.7 Å². The van der Waals surface area contributed by atoms with Gasteiger partial charge in [0.25, 0.3) is 11.5 Å². The Hall–Kier alpha value is -2.11. The molecule has 2 saturated heterocycles. The predicted octanol–water partition coefficient (Wildman–Crippen LogP) is 3.90. The Morgan fingerprint density at radius 1 is 1.27 bits per heavy atom. The smallest absolute Gasteiger partial charge is 0.270 e. The molecule has 0 atom stereocenters. The first-order valence-electron chi connectivity index (χ1n) is 10.5. The van der Waals surface area contributed by atoms with Crippen molar-refractivity contribution in [1.29, 1.82) is 5.26 Å². The zero-order valence-electron chi connectivity index (χ0n) is 18.0. The van der Waals surface area contributed by atoms with Crippen LogP contribution >= 0.6 is 24.0 Å². The highest BCUT2D eigenvalue weighted by molar-refractivity contribution is 8.26. The van der Waals surface area contributed by atoms with E-state index in [1.54, 1.807) is 16.4 Å². The molecule has 0 bridgehead atoms. The normalized spacial score (nSPS) is 18.2. The van der Waals surface area contributed by atoms with E-state index in [0.29, 0.717) is 33.8 Å². The Labute approximate surface area is 187 Å². The number of thioether (sulfide) groups is 1. The van der Waals surface area contributed by atoms with Crippen LogP contribution in [0.5, 0.6) is 0 Å². The van der Waals surface area contributed by atoms with Crippen LogP contribution in [-0.4, -0.2) is 39.3 Å². The highest BCUT2D eigenvalue weighted by Crippen LogP contribution is 2.36. The maximum absolute atomic E-state index is 13.1. The summed E-state index contributed by atoms with van der Waals surface area (Å²) >= 11 is 6.74. The van der Waals surface area contributed by atoms with Crippen LogP contribution in [0.15, 0.2) is 9.70 Å². The van der Waals surface area contributed by atoms with Crippen molar-refractivity contribution in [2.24, 2.45) is 5.92 Å². The Morgan fingerprint density at radius 2 is 1.93 bits per heavy atom. The lowest BCUT2D eigenvalue weighted by Gasteiger charge is -2.26. The van der Waals surface area contributed by atoms with Gasteiger partial charge in [0.05, 0.1) is 4.91 Å². The summed E-state index contributed by atoms with van der Waals surface area (Å²) in [6.45, 7) is 10.8. The molecule has 6 nitrogen and oxygen atoms in total. The molecule has 30 heavy (non-hydrogen) atoms. The monoisotopic (exact) mass is 444 g/mol. The summed E-state index contributed by atoms with van der Waals surface area (Å²) < 4.78 is 2.28. The highest BCUT2D eigenvalue weighted by atomic mass is 32.2. The van der Waals surface area contributed by atoms with Crippen LogP contribution in [0.4, 0.5) is 5.82 Å². The van der Waals surface area contributed by atoms with E-state index in [2.05, 4.69) is 24.8 Å². The molecule has 0 spiro atoms. The maximum Gasteiger partial charge on any atom is 0.270 e. The van der Waals surface area contributed by atoms with Gasteiger partial charge >= 0.3 is 0 Å². The van der Waals surface area contributed by atoms with E-state index >= 15 is 0 Å². The predicted molar refractivity (Wildman–Crippen MR) is 127 cm³/mol. The molecule has 3 rings (SSSR count). The molecular formula is C22H28N4O2S2. The zero-order valence-corrected chi connectivity index (χ0v) is 19.7. The second kappa shape index (κ2) is 9.36. The van der Waals surface area contributed by atoms with Crippen molar-refractivity contribution in [1.82, 2.24) is 9.47 Å². The lowest BCUT2D eigenvalue weighted by Crippen LogP contribution is -2.33. The molecule has 1 amide bonds. The molecule has 0 radical (unpaired) electrons. The van der Waals surface area contributed by atoms with E-state index in [9.17, 15) is 14.9 Å². The van der Waals surface area contributed by atoms with Crippen LogP contribution < -0.4 is 10.5 Å². The minimum absolute atomic E-state index is 0.0998. The summed E-state index contributed by atoms with van der Waals surface area (Å²) in [6, 6.07) is 2.09. The Bertz CT molecular complexity index is 998. The first-order chi connectivity index (χ1) is 14.3. The number of rotatable bonds is 6. The molecule has 0 unspecified atom stereocenters. The van der Waals surface area contributed by atoms with Crippen molar-refractivity contribution in [2.75, 3.05) is 24.5 Å². The molecule has 2 aliphatic heterocycles. The number of amides is 1. The van der Waals surface area contributed by atoms with Crippen LogP contribution in [0.2, 0.25) is 0 Å². The number of anilines is 1. The number of nitrogens with zero attached hydrogens (tertiary/aromatic N) is 4. The van der Waals surface area contributed by atoms with Gasteiger partial charge in [-0.15, -0.1) is 0 Å². The van der Waals surface area contributed by atoms with Crippen molar-refractivity contribution in [3.8, 4) is 6.07 Å². The number of nitriles is 1. The van der Waals surface area contributed by atoms with E-state index in [-0.39, 0.29) is 17.0 Å². The van der Waals surface area contributed by atoms with E-state index in [0.717, 1.165) is 43.7 Å². The summed E-state index contributed by atoms with van der Waals surface area (Å²) in [6.07, 6.45) is 4.75. The van der Waals surface area contributed by atoms with Gasteiger partial charge in [-0.1, -0.05) is 44.8 Å². The highest BCUT2D eigenvalue weighted by Gasteiger charge is 2.33. The number of thiocarbonyl (C=S) groups is 1. The third-order valence-corrected chi connectivity index (χ3v) is 6.77. The first-order valence-corrected chi connectivity index (χ1v) is 11.7. The summed E-state index contributed by atoms with van der Waals surface area (Å²) in [5.41, 5.74) is 1.32. The number of carbonyl (C=O) groups is 1. The molecule has 2 aliphatic rings. The molecule has 0 saturated carbocycles. The van der Waals surface area contributed by atoms with Crippen LogP contribution in [-0.2, 0) is 11.3 Å². The fourth-order valence-corrected chi connectivity index (χ4v) is 5.26. The standard InChI is InChI=1S/C22H28N4O2S2/c1-5-8-25-19(24-9-6-7-10-24)16(15(4)17(12-23)20(25)27)11-18-21(28)26(13-14(2)3)22(29)30-18/h11,14H,5-10,13H2,1-4H3/b18-11-. The fraction of sp³-hybridized carbons (Fsp3) is 0.545. The summed E-state index contributed by atoms with van der Waals surface area (Å²) in [4.78, 5) is 30.5. The second-order valence-corrected chi connectivity index (χ2v) is 9.86. The van der Waals surface area contributed by atoms with E-state index < -0.39 is 0 Å². The Kier molecular flexibility index (Phi) is 7.04. The SMILES string of the molecule is CCCn1c(N2CCCC2)c(/C=C2\SC(=S)N(CC(C)C)C2=O)c(C)c(C#N)c1=O. The molecule has 0 N–H and O–H groups in total. The minimum Gasteiger partial charge on any atom is -0.357 e. The third kappa shape index (κ3) is 4.19. The summed E-state index contributed by atoms with van der Waals surface area (Å²) in [5, 5.41) is 9.67. The number of pyridine rings is 1. The maximum atomic E-state index is 13.1. The molecular weight excluding hydrogens is 416 g/mol. The molecule has 0 aliphatic carbocycles. The van der Waals surface area contributed by atoms with Gasteiger partial charge in [-0.3, -0.25) is 19.1 Å². The van der Waals surface area contributed by atoms with Gasteiger partial charge in [-0.05, 0) is 43.7 Å². The molecule has 0 aromatic carbocycles. The van der Waals surface area contributed by atoms with Crippen molar-refractivity contribution in [3.05, 3.63) is 31.9 Å². The molecule has 1 aromatic heterocycles. The molecule has 160 valence electrons. The Morgan fingerprint density at radius 3 is 2.50 bits per heavy atom. The van der Waals surface area contributed by atoms with Gasteiger partial charge in [-0.2, -0.15) is 5.26 Å². The summed E-state index contributed by atoms with van der Waals surface area (Å²) in [7, 11) is 0. The topological polar surface area (TPSA) is 69.3 Å². The van der Waals surface area contributed by atoms with Gasteiger partial charge in [0, 0.05) is 31.7 Å². The van der Waals surface area contributed by atoms with Crippen LogP contribution in [0.3, 0.4) is 0 Å². The van der Waals surface area contributed by atoms with E-state index in [4.69, 9.17) is 12.2 Å². The zero-order chi connectivity index (χ0) is 22.0. The quantitative estimate of drug-likeness (QED) is 0.490. The molecule has 3 heterocycles. The van der Waals surface area contributed by atoms with Gasteiger partial charge in [0.15, 0.2) is 0 Å². The van der Waals surface area contributed by atoms with Gasteiger partial charge in [0.1, 0.15) is 21.8 Å². The largest absolute Gasteiger partial charge is 0.357 e. The lowest BCUT2D eigenvalue weighted by molar-refractivity contribution is -0.122. The van der Waals surface area contributed by atoms with E-state index in [1.165, 1.54) is 11.8 Å². The van der Waals surface area contributed by atoms with Crippen molar-refractivity contribution >= 4 is 46.1 Å². The van der Waals surface area contributed by atoms with Crippen LogP contribution in [0.25, 0.3) is 6.08 Å². The first kappa shape index (κ1) is 22.6. The lowest BCUT2D eigenvalue weighted by atomic mass is 10.0. The molecule has 1 aromatic rings. The van der Waals surface area contributed by atoms with Crippen molar-refractivity contribution in [2.45, 2.75) is 53.5 Å². The van der Waals surface area contributed by atoms with Crippen molar-refractivity contribution < 1.29 is 4.79 Å². The van der Waals surface area contributed by atoms with Crippen LogP contribution in [0, 0.1) is 24.2 Å². The van der Waals surface area contributed by atoms with Gasteiger partial charge in [-0.25, -0.2) is 0 Å². The van der Waals surface area contributed by atoms with E-state index in [1.807, 2.05) is 13.0 Å². The summed E-state index contributed by atoms with van der Waals surface area (Å²) in [5.74, 6) is 1.03.